The molecule has 8 aromatic rings. The van der Waals surface area contributed by atoms with Gasteiger partial charge in [-0.3, -0.25) is 9.59 Å². The van der Waals surface area contributed by atoms with Crippen molar-refractivity contribution in [1.82, 2.24) is 0 Å². The van der Waals surface area contributed by atoms with Crippen LogP contribution >= 0.6 is 94.2 Å². The predicted molar refractivity (Wildman–Crippen MR) is 267 cm³/mol. The highest BCUT2D eigenvalue weighted by Gasteiger charge is 2.61. The number of ether oxygens (including phenoxy) is 2. The van der Waals surface area contributed by atoms with Gasteiger partial charge in [0.15, 0.2) is 0 Å². The van der Waals surface area contributed by atoms with E-state index in [1.807, 2.05) is 121 Å². The molecule has 0 atom stereocenters. The average Bonchev–Trinajstić information content (AvgIpc) is 4.15. The molecular formula is C49H26O4S8. The number of thiophene rings is 4. The van der Waals surface area contributed by atoms with Crippen LogP contribution in [0.15, 0.2) is 132 Å². The molecule has 3 aliphatic rings. The summed E-state index contributed by atoms with van der Waals surface area (Å²) in [6.07, 6.45) is 4.08. The Balaban J connectivity index is 1.08. The fraction of sp³-hybridized carbons (Fsp3) is 0.0612. The van der Waals surface area contributed by atoms with E-state index in [1.54, 1.807) is 34.0 Å². The first kappa shape index (κ1) is 38.9. The minimum Gasteiger partial charge on any atom is -0.459 e. The van der Waals surface area contributed by atoms with E-state index in [0.717, 1.165) is 92.6 Å². The lowest BCUT2D eigenvalue weighted by Crippen LogP contribution is -2.45. The second kappa shape index (κ2) is 15.1. The monoisotopic (exact) mass is 934 g/mol. The van der Waals surface area contributed by atoms with Crippen LogP contribution < -0.4 is 0 Å². The van der Waals surface area contributed by atoms with Gasteiger partial charge in [0.2, 0.25) is 5.41 Å². The van der Waals surface area contributed by atoms with Crippen molar-refractivity contribution in [2.45, 2.75) is 18.6 Å². The van der Waals surface area contributed by atoms with Gasteiger partial charge in [-0.15, -0.1) is 45.3 Å². The highest BCUT2D eigenvalue weighted by atomic mass is 32.1. The smallest absolute Gasteiger partial charge is 0.333 e. The van der Waals surface area contributed by atoms with Crippen LogP contribution in [0.4, 0.5) is 0 Å². The van der Waals surface area contributed by atoms with Crippen molar-refractivity contribution in [3.05, 3.63) is 187 Å². The summed E-state index contributed by atoms with van der Waals surface area (Å²) < 4.78 is 16.4. The van der Waals surface area contributed by atoms with Gasteiger partial charge in [-0.05, 0) is 35.4 Å². The van der Waals surface area contributed by atoms with E-state index < -0.39 is 17.4 Å². The van der Waals surface area contributed by atoms with Crippen LogP contribution in [0.5, 0.6) is 0 Å². The molecule has 3 aliphatic carbocycles. The number of allylic oxidation sites excluding steroid dienone is 2. The van der Waals surface area contributed by atoms with Crippen molar-refractivity contribution in [1.29, 1.82) is 0 Å². The summed E-state index contributed by atoms with van der Waals surface area (Å²) >= 11 is 30.0. The Bertz CT molecular complexity index is 3190. The predicted octanol–water partition coefficient (Wildman–Crippen LogP) is 13.1. The van der Waals surface area contributed by atoms with E-state index in [-0.39, 0.29) is 13.2 Å². The Hall–Kier alpha value is -5.02. The Kier molecular flexibility index (Phi) is 9.63. The topological polar surface area (TPSA) is 52.6 Å². The number of thiocarbonyl (C=S) groups is 4. The van der Waals surface area contributed by atoms with E-state index in [9.17, 15) is 0 Å². The van der Waals surface area contributed by atoms with Crippen molar-refractivity contribution < 1.29 is 19.1 Å². The van der Waals surface area contributed by atoms with Gasteiger partial charge in [-0.2, -0.15) is 0 Å². The second-order valence-corrected chi connectivity index (χ2v) is 20.6. The minimum atomic E-state index is -1.91. The lowest BCUT2D eigenvalue weighted by Gasteiger charge is -2.26. The van der Waals surface area contributed by atoms with Crippen LogP contribution in [0.1, 0.15) is 54.3 Å². The van der Waals surface area contributed by atoms with Crippen molar-refractivity contribution in [2.75, 3.05) is 0 Å². The molecule has 0 N–H and O–H groups in total. The van der Waals surface area contributed by atoms with Crippen LogP contribution in [0.3, 0.4) is 0 Å². The minimum absolute atomic E-state index is 0.0155. The van der Waals surface area contributed by atoms with Crippen LogP contribution in [-0.2, 0) is 37.7 Å². The van der Waals surface area contributed by atoms with E-state index in [1.165, 1.54) is 11.3 Å². The van der Waals surface area contributed by atoms with Gasteiger partial charge in [-0.25, -0.2) is 0 Å². The molecule has 0 amide bonds. The maximum absolute atomic E-state index is 15.2. The zero-order valence-corrected chi connectivity index (χ0v) is 38.0. The van der Waals surface area contributed by atoms with Crippen molar-refractivity contribution in [3.8, 4) is 9.75 Å². The summed E-state index contributed by atoms with van der Waals surface area (Å²) in [5.74, 6) is -1.37. The fourth-order valence-electron chi connectivity index (χ4n) is 8.30. The first-order valence-corrected chi connectivity index (χ1v) is 24.0. The summed E-state index contributed by atoms with van der Waals surface area (Å²) in [5, 5.41) is 0. The number of fused-ring (bicyclic) bond motifs is 9. The number of hydrogen-bond acceptors (Lipinski definition) is 12. The molecule has 4 nitrogen and oxygen atoms in total. The van der Waals surface area contributed by atoms with Gasteiger partial charge < -0.3 is 9.47 Å². The molecule has 4 heterocycles. The molecule has 0 bridgehead atoms. The summed E-state index contributed by atoms with van der Waals surface area (Å²) in [6, 6.07) is 38.9. The Morgan fingerprint density at radius 1 is 0.508 bits per heavy atom. The molecule has 0 radical (unpaired) electrons. The zero-order valence-electron chi connectivity index (χ0n) is 31.5. The number of carbonyl (C=O) groups is 2. The summed E-state index contributed by atoms with van der Waals surface area (Å²) in [4.78, 5) is 36.8. The number of esters is 2. The Morgan fingerprint density at radius 3 is 1.46 bits per heavy atom. The van der Waals surface area contributed by atoms with Crippen LogP contribution in [0.2, 0.25) is 0 Å². The van der Waals surface area contributed by atoms with Gasteiger partial charge in [-0.1, -0.05) is 158 Å². The molecule has 0 unspecified atom stereocenters. The molecular weight excluding hydrogens is 909 g/mol. The van der Waals surface area contributed by atoms with Gasteiger partial charge in [0.25, 0.3) is 0 Å². The highest BCUT2D eigenvalue weighted by Crippen LogP contribution is 2.62. The third-order valence-corrected chi connectivity index (χ3v) is 18.0. The molecule has 12 heteroatoms. The maximum Gasteiger partial charge on any atom is 0.333 e. The fourth-order valence-corrected chi connectivity index (χ4v) is 15.4. The van der Waals surface area contributed by atoms with Gasteiger partial charge in [0.1, 0.15) is 13.2 Å². The quantitative estimate of drug-likeness (QED) is 0.0646. The highest BCUT2D eigenvalue weighted by molar-refractivity contribution is 7.84. The van der Waals surface area contributed by atoms with Crippen LogP contribution in [0.25, 0.3) is 40.7 Å². The van der Waals surface area contributed by atoms with Crippen molar-refractivity contribution in [3.63, 3.8) is 0 Å². The van der Waals surface area contributed by atoms with Gasteiger partial charge in [0.05, 0.1) is 43.3 Å². The first-order chi connectivity index (χ1) is 29.7. The van der Waals surface area contributed by atoms with Crippen LogP contribution in [-0.4, -0.2) is 31.4 Å². The van der Waals surface area contributed by atoms with E-state index in [2.05, 4.69) is 12.1 Å². The summed E-state index contributed by atoms with van der Waals surface area (Å²) in [6.45, 7) is -0.0311. The molecule has 11 rings (SSSR count). The Morgan fingerprint density at radius 2 is 0.967 bits per heavy atom. The van der Waals surface area contributed by atoms with E-state index in [4.69, 9.17) is 58.3 Å². The molecule has 61 heavy (non-hydrogen) atoms. The van der Waals surface area contributed by atoms with Crippen molar-refractivity contribution in [2.24, 2.45) is 0 Å². The molecule has 4 aromatic carbocycles. The molecule has 0 saturated heterocycles. The standard InChI is InChI=1S/C49H26O4S8/c50-47(52-23-25-11-3-1-4-12-25)49(48(51)53-24-26-13-5-2-6-14-26)35-21-27(19-33-38(54)29-15-7-8-16-30(29)39(33)55)58-42(35)44-37(49)45-46(61-44)43-36(60-45)22-28(59-43)20-34-40(56)31-17-9-10-18-32(31)41(34)57/h1-22H,23-24H2. The number of hydrogen-bond donors (Lipinski definition) is 0. The Labute approximate surface area is 387 Å². The molecule has 0 aliphatic heterocycles. The zero-order chi connectivity index (χ0) is 41.6. The third kappa shape index (κ3) is 6.11. The van der Waals surface area contributed by atoms with Crippen molar-refractivity contribution >= 4 is 157 Å². The molecule has 0 saturated carbocycles. The first-order valence-electron chi connectivity index (χ1n) is 19.1. The molecule has 0 spiro atoms. The largest absolute Gasteiger partial charge is 0.459 e. The molecule has 4 aromatic heterocycles. The molecule has 294 valence electrons. The maximum atomic E-state index is 15.2. The summed E-state index contributed by atoms with van der Waals surface area (Å²) in [5.41, 5.74) is 6.34. The number of carbonyl (C=O) groups excluding carboxylic acids is 2. The average molecular weight is 935 g/mol. The second-order valence-electron chi connectivity index (χ2n) is 14.7. The van der Waals surface area contributed by atoms with Gasteiger partial charge in [0, 0.05) is 59.0 Å². The van der Waals surface area contributed by atoms with Crippen LogP contribution in [0, 0.1) is 0 Å². The van der Waals surface area contributed by atoms with E-state index >= 15 is 9.59 Å². The van der Waals surface area contributed by atoms with Gasteiger partial charge >= 0.3 is 11.9 Å². The number of rotatable bonds is 8. The normalized spacial score (nSPS) is 14.7. The number of benzene rings is 4. The molecule has 0 fully saturated rings. The lowest BCUT2D eigenvalue weighted by molar-refractivity contribution is -0.164. The SMILES string of the molecule is O=C(OCc1ccccc1)C1(C(=O)OCc2ccccc2)c2cc(C=C3C(=S)c4ccccc4C3=S)sc2-c2sc3c(sc4cc(C=C5C(=S)c6ccccc6C5=S)sc43)c21. The summed E-state index contributed by atoms with van der Waals surface area (Å²) in [7, 11) is 0. The lowest BCUT2D eigenvalue weighted by atomic mass is 9.79. The third-order valence-electron chi connectivity index (χ3n) is 11.2. The van der Waals surface area contributed by atoms with E-state index in [0.29, 0.717) is 20.9 Å².